The van der Waals surface area contributed by atoms with E-state index in [4.69, 9.17) is 14.5 Å². The molecule has 0 fully saturated rings. The van der Waals surface area contributed by atoms with Gasteiger partial charge in [0.1, 0.15) is 30.5 Å². The molecule has 4 nitrogen and oxygen atoms in total. The molecule has 0 aliphatic rings. The topological polar surface area (TPSA) is 36.3 Å². The molecule has 0 bridgehead atoms. The van der Waals surface area contributed by atoms with Gasteiger partial charge in [-0.15, -0.1) is 0 Å². The molecular weight excluding hydrogens is 384 g/mol. The number of aromatic nitrogens is 2. The highest BCUT2D eigenvalue weighted by Crippen LogP contribution is 2.23. The van der Waals surface area contributed by atoms with E-state index in [-0.39, 0.29) is 0 Å². The third-order valence-electron chi connectivity index (χ3n) is 5.43. The summed E-state index contributed by atoms with van der Waals surface area (Å²) in [5.74, 6) is 2.61. The van der Waals surface area contributed by atoms with Crippen molar-refractivity contribution in [2.24, 2.45) is 0 Å². The van der Waals surface area contributed by atoms with Crippen LogP contribution in [-0.2, 0) is 13.2 Å². The third-order valence-corrected chi connectivity index (χ3v) is 5.43. The molecule has 0 radical (unpaired) electrons. The van der Waals surface area contributed by atoms with Gasteiger partial charge in [0.05, 0.1) is 17.6 Å². The Bertz CT molecular complexity index is 1320. The summed E-state index contributed by atoms with van der Waals surface area (Å²) >= 11 is 0. The summed E-state index contributed by atoms with van der Waals surface area (Å²) in [6, 6.07) is 30.8. The van der Waals surface area contributed by atoms with Crippen LogP contribution in [0.25, 0.3) is 21.8 Å². The number of hydrogen-bond acceptors (Lipinski definition) is 3. The van der Waals surface area contributed by atoms with Crippen molar-refractivity contribution in [2.75, 3.05) is 6.61 Å². The fourth-order valence-corrected chi connectivity index (χ4v) is 3.78. The molecule has 0 spiro atoms. The molecule has 5 rings (SSSR count). The molecule has 1 heterocycles. The summed E-state index contributed by atoms with van der Waals surface area (Å²) < 4.78 is 14.3. The number of ether oxygens (including phenoxy) is 2. The fraction of sp³-hybridized carbons (Fsp3) is 0.148. The second kappa shape index (κ2) is 8.52. The summed E-state index contributed by atoms with van der Waals surface area (Å²) in [6.45, 7) is 3.73. The fourth-order valence-electron chi connectivity index (χ4n) is 3.78. The predicted octanol–water partition coefficient (Wildman–Crippen LogP) is 6.16. The van der Waals surface area contributed by atoms with Gasteiger partial charge in [-0.05, 0) is 54.1 Å². The highest BCUT2D eigenvalue weighted by molar-refractivity contribution is 5.83. The van der Waals surface area contributed by atoms with E-state index in [2.05, 4.69) is 54.0 Å². The smallest absolute Gasteiger partial charge is 0.148 e. The van der Waals surface area contributed by atoms with Gasteiger partial charge in [-0.25, -0.2) is 4.98 Å². The lowest BCUT2D eigenvalue weighted by atomic mass is 10.1. The summed E-state index contributed by atoms with van der Waals surface area (Å²) in [7, 11) is 0. The Morgan fingerprint density at radius 3 is 2.35 bits per heavy atom. The molecule has 0 N–H and O–H groups in total. The van der Waals surface area contributed by atoms with Crippen LogP contribution in [0.1, 0.15) is 11.4 Å². The van der Waals surface area contributed by atoms with E-state index in [0.29, 0.717) is 19.8 Å². The molecule has 5 aromatic rings. The molecule has 0 amide bonds. The molecule has 0 unspecified atom stereocenters. The van der Waals surface area contributed by atoms with Crippen molar-refractivity contribution in [3.8, 4) is 11.5 Å². The van der Waals surface area contributed by atoms with Crippen LogP contribution in [0.15, 0.2) is 91.0 Å². The highest BCUT2D eigenvalue weighted by atomic mass is 16.5. The van der Waals surface area contributed by atoms with Crippen molar-refractivity contribution in [3.63, 3.8) is 0 Å². The van der Waals surface area contributed by atoms with E-state index in [0.717, 1.165) is 28.4 Å². The molecule has 0 atom stereocenters. The Hall–Kier alpha value is -3.79. The van der Waals surface area contributed by atoms with Crippen molar-refractivity contribution in [1.82, 2.24) is 9.55 Å². The Morgan fingerprint density at radius 1 is 0.742 bits per heavy atom. The maximum absolute atomic E-state index is 6.12. The second-order valence-electron chi connectivity index (χ2n) is 7.63. The standard InChI is InChI=1S/C27H24N2O2/c1-20-10-13-23(14-11-20)30-17-16-29-26-9-5-4-8-25(26)28-27(29)19-31-24-15-12-21-6-2-3-7-22(21)18-24/h2-15,18H,16-17,19H2,1H3. The van der Waals surface area contributed by atoms with Gasteiger partial charge in [-0.1, -0.05) is 60.2 Å². The van der Waals surface area contributed by atoms with Gasteiger partial charge >= 0.3 is 0 Å². The van der Waals surface area contributed by atoms with Gasteiger partial charge in [0.2, 0.25) is 0 Å². The molecule has 0 saturated carbocycles. The number of hydrogen-bond donors (Lipinski definition) is 0. The minimum Gasteiger partial charge on any atom is -0.492 e. The van der Waals surface area contributed by atoms with Crippen LogP contribution in [0.2, 0.25) is 0 Å². The van der Waals surface area contributed by atoms with Crippen LogP contribution in [0.3, 0.4) is 0 Å². The zero-order valence-electron chi connectivity index (χ0n) is 17.5. The maximum Gasteiger partial charge on any atom is 0.148 e. The Labute approximate surface area is 181 Å². The Morgan fingerprint density at radius 2 is 1.48 bits per heavy atom. The molecule has 0 aliphatic heterocycles. The van der Waals surface area contributed by atoms with Gasteiger partial charge < -0.3 is 14.0 Å². The Balaban J connectivity index is 1.34. The second-order valence-corrected chi connectivity index (χ2v) is 7.63. The first-order valence-electron chi connectivity index (χ1n) is 10.5. The van der Waals surface area contributed by atoms with Crippen LogP contribution in [0.4, 0.5) is 0 Å². The first-order valence-corrected chi connectivity index (χ1v) is 10.5. The van der Waals surface area contributed by atoms with E-state index in [1.54, 1.807) is 0 Å². The average molecular weight is 409 g/mol. The van der Waals surface area contributed by atoms with Gasteiger partial charge in [0.25, 0.3) is 0 Å². The Kier molecular flexibility index (Phi) is 5.28. The van der Waals surface area contributed by atoms with Crippen molar-refractivity contribution in [3.05, 3.63) is 102 Å². The number of rotatable bonds is 7. The molecule has 4 heteroatoms. The van der Waals surface area contributed by atoms with Crippen LogP contribution < -0.4 is 9.47 Å². The predicted molar refractivity (Wildman–Crippen MR) is 125 cm³/mol. The quantitative estimate of drug-likeness (QED) is 0.324. The van der Waals surface area contributed by atoms with Crippen molar-refractivity contribution < 1.29 is 9.47 Å². The van der Waals surface area contributed by atoms with Crippen molar-refractivity contribution >= 4 is 21.8 Å². The first-order chi connectivity index (χ1) is 15.3. The average Bonchev–Trinajstić information content (AvgIpc) is 3.16. The normalized spacial score (nSPS) is 11.1. The third kappa shape index (κ3) is 4.24. The molecule has 1 aromatic heterocycles. The number of para-hydroxylation sites is 2. The summed E-state index contributed by atoms with van der Waals surface area (Å²) in [5.41, 5.74) is 3.28. The van der Waals surface area contributed by atoms with Crippen molar-refractivity contribution in [1.29, 1.82) is 0 Å². The lowest BCUT2D eigenvalue weighted by molar-refractivity contribution is 0.272. The van der Waals surface area contributed by atoms with Crippen molar-refractivity contribution in [2.45, 2.75) is 20.1 Å². The minimum absolute atomic E-state index is 0.400. The zero-order chi connectivity index (χ0) is 21.0. The summed E-state index contributed by atoms with van der Waals surface area (Å²) in [5, 5.41) is 2.37. The highest BCUT2D eigenvalue weighted by Gasteiger charge is 2.11. The largest absolute Gasteiger partial charge is 0.492 e. The van der Waals surface area contributed by atoms with E-state index < -0.39 is 0 Å². The van der Waals surface area contributed by atoms with Crippen LogP contribution in [0.5, 0.6) is 11.5 Å². The zero-order valence-corrected chi connectivity index (χ0v) is 17.5. The lowest BCUT2D eigenvalue weighted by Crippen LogP contribution is -2.13. The maximum atomic E-state index is 6.12. The summed E-state index contributed by atoms with van der Waals surface area (Å²) in [4.78, 5) is 4.81. The molecule has 0 saturated heterocycles. The number of imidazole rings is 1. The number of benzene rings is 4. The van der Waals surface area contributed by atoms with E-state index >= 15 is 0 Å². The van der Waals surface area contributed by atoms with Crippen LogP contribution in [0, 0.1) is 6.92 Å². The molecule has 4 aromatic carbocycles. The summed E-state index contributed by atoms with van der Waals surface area (Å²) in [6.07, 6.45) is 0. The van der Waals surface area contributed by atoms with E-state index in [9.17, 15) is 0 Å². The number of nitrogens with zero attached hydrogens (tertiary/aromatic N) is 2. The number of fused-ring (bicyclic) bond motifs is 2. The van der Waals surface area contributed by atoms with Crippen LogP contribution >= 0.6 is 0 Å². The molecular formula is C27H24N2O2. The molecule has 0 aliphatic carbocycles. The van der Waals surface area contributed by atoms with Gasteiger partial charge in [-0.2, -0.15) is 0 Å². The molecule has 31 heavy (non-hydrogen) atoms. The van der Waals surface area contributed by atoms with E-state index in [1.807, 2.05) is 48.5 Å². The van der Waals surface area contributed by atoms with Gasteiger partial charge in [0, 0.05) is 0 Å². The lowest BCUT2D eigenvalue weighted by Gasteiger charge is -2.12. The van der Waals surface area contributed by atoms with Gasteiger partial charge in [0.15, 0.2) is 0 Å². The van der Waals surface area contributed by atoms with E-state index in [1.165, 1.54) is 16.3 Å². The number of aryl methyl sites for hydroxylation is 1. The SMILES string of the molecule is Cc1ccc(OCCn2c(COc3ccc4ccccc4c3)nc3ccccc32)cc1. The first kappa shape index (κ1) is 19.2. The monoisotopic (exact) mass is 408 g/mol. The minimum atomic E-state index is 0.400. The van der Waals surface area contributed by atoms with Crippen LogP contribution in [-0.4, -0.2) is 16.2 Å². The van der Waals surface area contributed by atoms with Gasteiger partial charge in [-0.3, -0.25) is 0 Å². The molecule has 154 valence electrons.